The van der Waals surface area contributed by atoms with E-state index in [0.29, 0.717) is 0 Å². The van der Waals surface area contributed by atoms with Crippen LogP contribution in [0.2, 0.25) is 0 Å². The zero-order valence-corrected chi connectivity index (χ0v) is 10.7. The molecule has 0 fully saturated rings. The Morgan fingerprint density at radius 3 is 2.45 bits per heavy atom. The number of aliphatic carboxylic acids is 1. The largest absolute Gasteiger partial charge is 0.478 e. The Labute approximate surface area is 114 Å². The summed E-state index contributed by atoms with van der Waals surface area (Å²) in [5.74, 6) is -1.03. The number of ether oxygens (including phenoxy) is 1. The molecule has 3 nitrogen and oxygen atoms in total. The van der Waals surface area contributed by atoms with Crippen LogP contribution in [-0.2, 0) is 16.1 Å². The first kappa shape index (κ1) is 16.2. The number of halogens is 3. The highest BCUT2D eigenvalue weighted by molar-refractivity contribution is 5.85. The fourth-order valence-corrected chi connectivity index (χ4v) is 1.46. The molecule has 0 heterocycles. The summed E-state index contributed by atoms with van der Waals surface area (Å²) in [6.07, 6.45) is -2.55. The zero-order valence-electron chi connectivity index (χ0n) is 10.7. The van der Waals surface area contributed by atoms with Crippen LogP contribution in [-0.4, -0.2) is 23.9 Å². The Bertz CT molecular complexity index is 450. The van der Waals surface area contributed by atoms with Crippen LogP contribution in [0.5, 0.6) is 0 Å². The molecular formula is C14H15F3O3. The van der Waals surface area contributed by atoms with Crippen LogP contribution in [0.25, 0.3) is 6.08 Å². The van der Waals surface area contributed by atoms with Crippen molar-refractivity contribution in [2.45, 2.75) is 25.6 Å². The van der Waals surface area contributed by atoms with Crippen LogP contribution in [0, 0.1) is 0 Å². The van der Waals surface area contributed by atoms with Gasteiger partial charge in [-0.3, -0.25) is 0 Å². The number of alkyl halides is 3. The van der Waals surface area contributed by atoms with Gasteiger partial charge in [-0.15, -0.1) is 0 Å². The second-order valence-corrected chi connectivity index (χ2v) is 4.18. The first-order valence-electron chi connectivity index (χ1n) is 6.01. The van der Waals surface area contributed by atoms with Crippen LogP contribution in [0.15, 0.2) is 30.3 Å². The van der Waals surface area contributed by atoms with Gasteiger partial charge in [0.25, 0.3) is 0 Å². The molecule has 0 aliphatic rings. The third-order valence-corrected chi connectivity index (χ3v) is 2.42. The van der Waals surface area contributed by atoms with E-state index in [9.17, 15) is 18.0 Å². The Kier molecular flexibility index (Phi) is 6.24. The van der Waals surface area contributed by atoms with Crippen molar-refractivity contribution in [2.75, 3.05) is 6.61 Å². The van der Waals surface area contributed by atoms with E-state index in [1.54, 1.807) is 24.3 Å². The van der Waals surface area contributed by atoms with Crippen molar-refractivity contribution in [3.63, 3.8) is 0 Å². The second kappa shape index (κ2) is 7.69. The maximum Gasteiger partial charge on any atom is 0.389 e. The van der Waals surface area contributed by atoms with Crippen molar-refractivity contribution in [1.29, 1.82) is 0 Å². The highest BCUT2D eigenvalue weighted by atomic mass is 19.4. The van der Waals surface area contributed by atoms with Gasteiger partial charge in [-0.05, 0) is 23.6 Å². The summed E-state index contributed by atoms with van der Waals surface area (Å²) >= 11 is 0. The van der Waals surface area contributed by atoms with Crippen molar-refractivity contribution >= 4 is 12.0 Å². The van der Waals surface area contributed by atoms with Crippen molar-refractivity contribution in [2.24, 2.45) is 0 Å². The van der Waals surface area contributed by atoms with Gasteiger partial charge in [0.2, 0.25) is 0 Å². The molecule has 0 amide bonds. The van der Waals surface area contributed by atoms with Crippen LogP contribution in [0.4, 0.5) is 13.2 Å². The van der Waals surface area contributed by atoms with Gasteiger partial charge in [0, 0.05) is 19.1 Å². The molecule has 1 rings (SSSR count). The minimum Gasteiger partial charge on any atom is -0.478 e. The maximum atomic E-state index is 11.9. The van der Waals surface area contributed by atoms with Crippen molar-refractivity contribution < 1.29 is 27.8 Å². The Balaban J connectivity index is 2.30. The average Bonchev–Trinajstić information content (AvgIpc) is 2.36. The highest BCUT2D eigenvalue weighted by Gasteiger charge is 2.25. The fourth-order valence-electron chi connectivity index (χ4n) is 1.46. The molecule has 0 saturated carbocycles. The molecule has 0 radical (unpaired) electrons. The molecule has 110 valence electrons. The van der Waals surface area contributed by atoms with Gasteiger partial charge >= 0.3 is 12.1 Å². The molecule has 0 unspecified atom stereocenters. The molecule has 0 atom stereocenters. The van der Waals surface area contributed by atoms with E-state index in [1.165, 1.54) is 6.08 Å². The molecule has 1 aromatic rings. The molecule has 0 saturated heterocycles. The summed E-state index contributed by atoms with van der Waals surface area (Å²) in [7, 11) is 0. The van der Waals surface area contributed by atoms with Gasteiger partial charge in [-0.1, -0.05) is 24.3 Å². The summed E-state index contributed by atoms with van der Waals surface area (Å²) in [4.78, 5) is 10.3. The second-order valence-electron chi connectivity index (χ2n) is 4.18. The van der Waals surface area contributed by atoms with E-state index in [-0.39, 0.29) is 19.6 Å². The quantitative estimate of drug-likeness (QED) is 0.615. The van der Waals surface area contributed by atoms with E-state index in [0.717, 1.165) is 17.2 Å². The molecule has 0 aromatic heterocycles. The lowest BCUT2D eigenvalue weighted by Crippen LogP contribution is -2.08. The number of carboxylic acid groups (broad SMARTS) is 1. The monoisotopic (exact) mass is 288 g/mol. The number of carboxylic acids is 1. The molecule has 0 aliphatic heterocycles. The third kappa shape index (κ3) is 7.58. The third-order valence-electron chi connectivity index (χ3n) is 2.42. The van der Waals surface area contributed by atoms with E-state index < -0.39 is 18.6 Å². The molecule has 0 bridgehead atoms. The predicted molar refractivity (Wildman–Crippen MR) is 68.1 cm³/mol. The molecule has 6 heteroatoms. The molecule has 1 N–H and O–H groups in total. The van der Waals surface area contributed by atoms with Gasteiger partial charge in [0.05, 0.1) is 6.61 Å². The lowest BCUT2D eigenvalue weighted by atomic mass is 10.1. The number of carbonyl (C=O) groups is 1. The first-order valence-corrected chi connectivity index (χ1v) is 6.01. The van der Waals surface area contributed by atoms with Gasteiger partial charge in [-0.25, -0.2) is 4.79 Å². The fraction of sp³-hybridized carbons (Fsp3) is 0.357. The van der Waals surface area contributed by atoms with Crippen LogP contribution < -0.4 is 0 Å². The molecule has 1 aromatic carbocycles. The van der Waals surface area contributed by atoms with E-state index in [4.69, 9.17) is 9.84 Å². The average molecular weight is 288 g/mol. The number of benzene rings is 1. The normalized spacial score (nSPS) is 11.9. The predicted octanol–water partition coefficient (Wildman–Crippen LogP) is 3.64. The van der Waals surface area contributed by atoms with Crippen LogP contribution >= 0.6 is 0 Å². The van der Waals surface area contributed by atoms with Gasteiger partial charge in [-0.2, -0.15) is 13.2 Å². The number of rotatable bonds is 7. The van der Waals surface area contributed by atoms with Gasteiger partial charge in [0.15, 0.2) is 0 Å². The van der Waals surface area contributed by atoms with E-state index >= 15 is 0 Å². The van der Waals surface area contributed by atoms with Crippen molar-refractivity contribution in [1.82, 2.24) is 0 Å². The van der Waals surface area contributed by atoms with Crippen LogP contribution in [0.1, 0.15) is 24.0 Å². The highest BCUT2D eigenvalue weighted by Crippen LogP contribution is 2.21. The molecule has 20 heavy (non-hydrogen) atoms. The molecule has 0 spiro atoms. The summed E-state index contributed by atoms with van der Waals surface area (Å²) in [5, 5.41) is 8.47. The minimum absolute atomic E-state index is 0.0526. The van der Waals surface area contributed by atoms with E-state index in [1.807, 2.05) is 0 Å². The summed E-state index contributed by atoms with van der Waals surface area (Å²) < 4.78 is 40.8. The minimum atomic E-state index is -4.14. The lowest BCUT2D eigenvalue weighted by molar-refractivity contribution is -0.138. The van der Waals surface area contributed by atoms with E-state index in [2.05, 4.69) is 0 Å². The topological polar surface area (TPSA) is 46.5 Å². The lowest BCUT2D eigenvalue weighted by Gasteiger charge is -2.07. The summed E-state index contributed by atoms with van der Waals surface area (Å²) in [5.41, 5.74) is 1.55. The summed E-state index contributed by atoms with van der Waals surface area (Å²) in [6, 6.07) is 6.91. The number of hydrogen-bond acceptors (Lipinski definition) is 2. The number of hydrogen-bond donors (Lipinski definition) is 1. The zero-order chi connectivity index (χ0) is 15.0. The Hall–Kier alpha value is -1.82. The van der Waals surface area contributed by atoms with Crippen molar-refractivity contribution in [3.05, 3.63) is 41.5 Å². The van der Waals surface area contributed by atoms with Crippen molar-refractivity contribution in [3.8, 4) is 0 Å². The maximum absolute atomic E-state index is 11.9. The molecule has 0 aliphatic carbocycles. The van der Waals surface area contributed by atoms with Gasteiger partial charge in [0.1, 0.15) is 0 Å². The smallest absolute Gasteiger partial charge is 0.389 e. The van der Waals surface area contributed by atoms with Gasteiger partial charge < -0.3 is 9.84 Å². The SMILES string of the molecule is O=C(O)/C=C/c1ccc(COCCCC(F)(F)F)cc1. The molecular weight excluding hydrogens is 273 g/mol. The van der Waals surface area contributed by atoms with Crippen LogP contribution in [0.3, 0.4) is 0 Å². The standard InChI is InChI=1S/C14H15F3O3/c15-14(16,17)8-1-9-20-10-12-4-2-11(3-5-12)6-7-13(18)19/h2-7H,1,8-10H2,(H,18,19)/b7-6+. The Morgan fingerprint density at radius 2 is 1.90 bits per heavy atom. The Morgan fingerprint density at radius 1 is 1.25 bits per heavy atom. The summed E-state index contributed by atoms with van der Waals surface area (Å²) in [6.45, 7) is 0.293. The first-order chi connectivity index (χ1) is 9.37.